The van der Waals surface area contributed by atoms with E-state index in [0.717, 1.165) is 95.8 Å². The highest BCUT2D eigenvalue weighted by molar-refractivity contribution is 7.47. The third-order valence-corrected chi connectivity index (χ3v) is 21.9. The number of ether oxygens (including phenoxy) is 4. The van der Waals surface area contributed by atoms with Crippen molar-refractivity contribution in [2.75, 3.05) is 39.6 Å². The molecule has 17 nitrogen and oxygen atoms in total. The summed E-state index contributed by atoms with van der Waals surface area (Å²) in [6.07, 6.45) is 70.7. The number of unbranched alkanes of at least 4 members (excludes halogenated alkanes) is 57. The minimum absolute atomic E-state index is 0.108. The molecule has 0 aromatic rings. The highest BCUT2D eigenvalue weighted by Gasteiger charge is 2.30. The topological polar surface area (TPSA) is 237 Å². The van der Waals surface area contributed by atoms with E-state index in [-0.39, 0.29) is 25.7 Å². The summed E-state index contributed by atoms with van der Waals surface area (Å²) in [5, 5.41) is 10.7. The number of hydrogen-bond donors (Lipinski definition) is 3. The Morgan fingerprint density at radius 2 is 0.442 bits per heavy atom. The lowest BCUT2D eigenvalue weighted by molar-refractivity contribution is -0.161. The van der Waals surface area contributed by atoms with E-state index in [1.165, 1.54) is 283 Å². The van der Waals surface area contributed by atoms with Crippen molar-refractivity contribution in [3.63, 3.8) is 0 Å². The van der Waals surface area contributed by atoms with Crippen molar-refractivity contribution >= 4 is 39.5 Å². The van der Waals surface area contributed by atoms with E-state index < -0.39 is 97.5 Å². The zero-order valence-corrected chi connectivity index (χ0v) is 70.0. The molecule has 618 valence electrons. The van der Waals surface area contributed by atoms with Crippen LogP contribution >= 0.6 is 15.6 Å². The molecular formula is C85H166O17P2. The number of rotatable bonds is 85. The molecule has 0 saturated heterocycles. The summed E-state index contributed by atoms with van der Waals surface area (Å²) in [5.74, 6) is -1.30. The molecule has 5 atom stereocenters. The van der Waals surface area contributed by atoms with Gasteiger partial charge in [-0.05, 0) is 31.6 Å². The van der Waals surface area contributed by atoms with Gasteiger partial charge in [0.2, 0.25) is 0 Å². The molecule has 0 rings (SSSR count). The monoisotopic (exact) mass is 1520 g/mol. The molecule has 0 saturated carbocycles. The molecule has 0 heterocycles. The first kappa shape index (κ1) is 102. The number of aliphatic hydroxyl groups is 1. The predicted molar refractivity (Wildman–Crippen MR) is 428 cm³/mol. The van der Waals surface area contributed by atoms with Gasteiger partial charge in [-0.2, -0.15) is 0 Å². The second-order valence-corrected chi connectivity index (χ2v) is 34.0. The molecule has 0 aromatic carbocycles. The normalized spacial score (nSPS) is 13.8. The Bertz CT molecular complexity index is 1980. The lowest BCUT2D eigenvalue weighted by Gasteiger charge is -2.21. The highest BCUT2D eigenvalue weighted by atomic mass is 31.2. The van der Waals surface area contributed by atoms with Crippen molar-refractivity contribution in [2.45, 2.75) is 477 Å². The standard InChI is InChI=1S/C85H166O17P2/c1-6-9-12-15-18-21-24-26-28-30-32-34-39-44-49-54-59-64-69-83(88)96-75-81(102-84(89)70-65-60-55-50-45-40-35-33-31-29-27-25-22-19-16-13-10-7-2)77-100-104(93,94)98-73-79(86)72-97-103(91,92)99-76-80(74-95-82(87)68-63-58-53-48-42-23-20-17-14-11-8-3)101-85(90)71-66-61-56-51-46-41-37-36-38-43-47-52-57-62-67-78(4)5/h78-81,86H,6-77H2,1-5H3,(H,91,92)(H,93,94)/t79-,80+,81+/m0/s1. The fourth-order valence-corrected chi connectivity index (χ4v) is 14.9. The third-order valence-electron chi connectivity index (χ3n) is 20.0. The summed E-state index contributed by atoms with van der Waals surface area (Å²) in [4.78, 5) is 73.2. The molecule has 0 aliphatic heterocycles. The Kier molecular flexibility index (Phi) is 76.3. The predicted octanol–water partition coefficient (Wildman–Crippen LogP) is 26.0. The summed E-state index contributed by atoms with van der Waals surface area (Å²) >= 11 is 0. The molecular weight excluding hydrogens is 1350 g/mol. The van der Waals surface area contributed by atoms with Gasteiger partial charge in [0.1, 0.15) is 19.3 Å². The van der Waals surface area contributed by atoms with Gasteiger partial charge in [0.15, 0.2) is 12.2 Å². The van der Waals surface area contributed by atoms with E-state index in [9.17, 15) is 43.2 Å². The van der Waals surface area contributed by atoms with Crippen LogP contribution in [0.3, 0.4) is 0 Å². The van der Waals surface area contributed by atoms with Crippen LogP contribution < -0.4 is 0 Å². The molecule has 0 spiro atoms. The maximum atomic E-state index is 13.1. The van der Waals surface area contributed by atoms with E-state index in [0.29, 0.717) is 25.7 Å². The second-order valence-electron chi connectivity index (χ2n) is 31.1. The largest absolute Gasteiger partial charge is 0.472 e. The maximum absolute atomic E-state index is 13.1. The van der Waals surface area contributed by atoms with Crippen LogP contribution in [-0.2, 0) is 65.4 Å². The number of phosphoric acid groups is 2. The van der Waals surface area contributed by atoms with Crippen LogP contribution in [0.1, 0.15) is 458 Å². The van der Waals surface area contributed by atoms with E-state index >= 15 is 0 Å². The fraction of sp³-hybridized carbons (Fsp3) is 0.953. The number of phosphoric ester groups is 2. The van der Waals surface area contributed by atoms with Crippen molar-refractivity contribution in [1.82, 2.24) is 0 Å². The highest BCUT2D eigenvalue weighted by Crippen LogP contribution is 2.45. The number of carbonyl (C=O) groups excluding carboxylic acids is 4. The summed E-state index contributed by atoms with van der Waals surface area (Å²) < 4.78 is 68.9. The Labute approximate surface area is 638 Å². The molecule has 19 heteroatoms. The van der Waals surface area contributed by atoms with Gasteiger partial charge in [-0.25, -0.2) is 9.13 Å². The van der Waals surface area contributed by atoms with Crippen LogP contribution in [0.5, 0.6) is 0 Å². The van der Waals surface area contributed by atoms with Gasteiger partial charge < -0.3 is 33.8 Å². The average Bonchev–Trinajstić information content (AvgIpc) is 0.920. The van der Waals surface area contributed by atoms with Crippen molar-refractivity contribution in [3.8, 4) is 0 Å². The summed E-state index contributed by atoms with van der Waals surface area (Å²) in [7, 11) is -9.93. The molecule has 0 bridgehead atoms. The molecule has 0 radical (unpaired) electrons. The Morgan fingerprint density at radius 1 is 0.260 bits per heavy atom. The molecule has 0 aliphatic carbocycles. The maximum Gasteiger partial charge on any atom is 0.472 e. The van der Waals surface area contributed by atoms with Gasteiger partial charge in [-0.3, -0.25) is 37.3 Å². The lowest BCUT2D eigenvalue weighted by atomic mass is 10.0. The van der Waals surface area contributed by atoms with Crippen molar-refractivity contribution in [2.24, 2.45) is 5.92 Å². The van der Waals surface area contributed by atoms with Gasteiger partial charge in [-0.15, -0.1) is 0 Å². The van der Waals surface area contributed by atoms with Crippen LogP contribution in [0.15, 0.2) is 0 Å². The van der Waals surface area contributed by atoms with E-state index in [1.807, 2.05) is 0 Å². The minimum Gasteiger partial charge on any atom is -0.462 e. The van der Waals surface area contributed by atoms with Gasteiger partial charge >= 0.3 is 39.5 Å². The third kappa shape index (κ3) is 78.2. The molecule has 0 aromatic heterocycles. The summed E-state index contributed by atoms with van der Waals surface area (Å²) in [5.41, 5.74) is 0. The van der Waals surface area contributed by atoms with Crippen molar-refractivity contribution < 1.29 is 80.2 Å². The Hall–Kier alpha value is -1.94. The van der Waals surface area contributed by atoms with Crippen LogP contribution in [0.2, 0.25) is 0 Å². The van der Waals surface area contributed by atoms with Gasteiger partial charge in [0, 0.05) is 25.7 Å². The van der Waals surface area contributed by atoms with E-state index in [1.54, 1.807) is 0 Å². The summed E-state index contributed by atoms with van der Waals surface area (Å²) in [6, 6.07) is 0. The van der Waals surface area contributed by atoms with Crippen LogP contribution in [-0.4, -0.2) is 96.7 Å². The molecule has 0 fully saturated rings. The number of esters is 4. The number of hydrogen-bond acceptors (Lipinski definition) is 15. The summed E-state index contributed by atoms with van der Waals surface area (Å²) in [6.45, 7) is 7.38. The Morgan fingerprint density at radius 3 is 0.654 bits per heavy atom. The molecule has 2 unspecified atom stereocenters. The zero-order chi connectivity index (χ0) is 76.2. The molecule has 3 N–H and O–H groups in total. The van der Waals surface area contributed by atoms with Crippen LogP contribution in [0, 0.1) is 5.92 Å². The number of carbonyl (C=O) groups is 4. The van der Waals surface area contributed by atoms with Crippen molar-refractivity contribution in [1.29, 1.82) is 0 Å². The van der Waals surface area contributed by atoms with Crippen LogP contribution in [0.4, 0.5) is 0 Å². The molecule has 0 amide bonds. The number of aliphatic hydroxyl groups excluding tert-OH is 1. The fourth-order valence-electron chi connectivity index (χ4n) is 13.3. The molecule has 0 aliphatic rings. The first-order valence-corrected chi connectivity index (χ1v) is 47.1. The Balaban J connectivity index is 5.24. The van der Waals surface area contributed by atoms with Gasteiger partial charge in [0.05, 0.1) is 26.4 Å². The van der Waals surface area contributed by atoms with Gasteiger partial charge in [0.25, 0.3) is 0 Å². The lowest BCUT2D eigenvalue weighted by Crippen LogP contribution is -2.30. The van der Waals surface area contributed by atoms with Crippen LogP contribution in [0.25, 0.3) is 0 Å². The quantitative estimate of drug-likeness (QED) is 0.0222. The smallest absolute Gasteiger partial charge is 0.462 e. The van der Waals surface area contributed by atoms with Crippen molar-refractivity contribution in [3.05, 3.63) is 0 Å². The molecule has 104 heavy (non-hydrogen) atoms. The average molecular weight is 1520 g/mol. The van der Waals surface area contributed by atoms with E-state index in [2.05, 4.69) is 34.6 Å². The zero-order valence-electron chi connectivity index (χ0n) is 68.2. The first-order chi connectivity index (χ1) is 50.5. The first-order valence-electron chi connectivity index (χ1n) is 44.1. The van der Waals surface area contributed by atoms with Gasteiger partial charge in [-0.1, -0.05) is 407 Å². The minimum atomic E-state index is -4.96. The SMILES string of the molecule is CCCCCCCCCCCCCCCCCCCCC(=O)OC[C@H](COP(=O)(O)OC[C@@H](O)COP(=O)(O)OC[C@@H](COC(=O)CCCCCCCCCCCCC)OC(=O)CCCCCCCCCCCCCCCCC(C)C)OC(=O)CCCCCCCCCCCCCCCCCCCC. The van der Waals surface area contributed by atoms with E-state index in [4.69, 9.17) is 37.0 Å². The second kappa shape index (κ2) is 77.8.